The predicted octanol–water partition coefficient (Wildman–Crippen LogP) is 1.28. The number of hydrogen-bond acceptors (Lipinski definition) is 3. The SMILES string of the molecule is CC[C@@H]1CCCN1C(=O)/C=C/CN1CCOCC1. The van der Waals surface area contributed by atoms with Gasteiger partial charge in [0.1, 0.15) is 0 Å². The van der Waals surface area contributed by atoms with E-state index in [0.717, 1.165) is 52.2 Å². The van der Waals surface area contributed by atoms with Gasteiger partial charge < -0.3 is 9.64 Å². The Bertz CT molecular complexity index is 298. The molecule has 2 aliphatic heterocycles. The Morgan fingerprint density at radius 2 is 2.11 bits per heavy atom. The summed E-state index contributed by atoms with van der Waals surface area (Å²) >= 11 is 0. The zero-order valence-corrected chi connectivity index (χ0v) is 11.3. The lowest BCUT2D eigenvalue weighted by atomic mass is 10.2. The molecule has 0 unspecified atom stereocenters. The van der Waals surface area contributed by atoms with Crippen molar-refractivity contribution in [2.75, 3.05) is 39.4 Å². The van der Waals surface area contributed by atoms with Crippen molar-refractivity contribution in [3.63, 3.8) is 0 Å². The van der Waals surface area contributed by atoms with E-state index in [4.69, 9.17) is 4.74 Å². The second-order valence-electron chi connectivity index (χ2n) is 5.05. The first-order chi connectivity index (χ1) is 8.81. The van der Waals surface area contributed by atoms with E-state index >= 15 is 0 Å². The summed E-state index contributed by atoms with van der Waals surface area (Å²) in [6, 6.07) is 0.463. The van der Waals surface area contributed by atoms with Crippen LogP contribution in [0.25, 0.3) is 0 Å². The van der Waals surface area contributed by atoms with Crippen molar-refractivity contribution >= 4 is 5.91 Å². The zero-order valence-electron chi connectivity index (χ0n) is 11.3. The molecule has 0 aliphatic carbocycles. The van der Waals surface area contributed by atoms with Crippen molar-refractivity contribution in [1.29, 1.82) is 0 Å². The fourth-order valence-electron chi connectivity index (χ4n) is 2.73. The highest BCUT2D eigenvalue weighted by Crippen LogP contribution is 2.19. The first-order valence-electron chi connectivity index (χ1n) is 7.08. The highest BCUT2D eigenvalue weighted by Gasteiger charge is 2.25. The van der Waals surface area contributed by atoms with Gasteiger partial charge in [-0.1, -0.05) is 13.0 Å². The summed E-state index contributed by atoms with van der Waals surface area (Å²) in [5, 5.41) is 0. The van der Waals surface area contributed by atoms with E-state index in [2.05, 4.69) is 11.8 Å². The van der Waals surface area contributed by atoms with E-state index in [-0.39, 0.29) is 5.91 Å². The molecule has 1 atom stereocenters. The van der Waals surface area contributed by atoms with Gasteiger partial charge in [-0.15, -0.1) is 0 Å². The van der Waals surface area contributed by atoms with E-state index in [1.807, 2.05) is 11.0 Å². The van der Waals surface area contributed by atoms with Crippen molar-refractivity contribution < 1.29 is 9.53 Å². The highest BCUT2D eigenvalue weighted by molar-refractivity contribution is 5.88. The third kappa shape index (κ3) is 3.56. The van der Waals surface area contributed by atoms with E-state index in [9.17, 15) is 4.79 Å². The van der Waals surface area contributed by atoms with Gasteiger partial charge in [-0.3, -0.25) is 9.69 Å². The zero-order chi connectivity index (χ0) is 12.8. The fraction of sp³-hybridized carbons (Fsp3) is 0.786. The maximum absolute atomic E-state index is 12.1. The van der Waals surface area contributed by atoms with Crippen molar-refractivity contribution in [1.82, 2.24) is 9.80 Å². The minimum Gasteiger partial charge on any atom is -0.379 e. The smallest absolute Gasteiger partial charge is 0.246 e. The lowest BCUT2D eigenvalue weighted by molar-refractivity contribution is -0.126. The number of rotatable bonds is 4. The Hall–Kier alpha value is -0.870. The summed E-state index contributed by atoms with van der Waals surface area (Å²) in [6.45, 7) is 7.52. The number of carbonyl (C=O) groups is 1. The number of carbonyl (C=O) groups excluding carboxylic acids is 1. The standard InChI is InChI=1S/C14H24N2O2/c1-2-13-5-3-8-16(13)14(17)6-4-7-15-9-11-18-12-10-15/h4,6,13H,2-3,5,7-12H2,1H3/b6-4+/t13-/m1/s1. The molecular formula is C14H24N2O2. The number of hydrogen-bond donors (Lipinski definition) is 0. The molecule has 0 N–H and O–H groups in total. The van der Waals surface area contributed by atoms with Crippen LogP contribution < -0.4 is 0 Å². The summed E-state index contributed by atoms with van der Waals surface area (Å²) in [7, 11) is 0. The molecule has 1 amide bonds. The molecule has 0 bridgehead atoms. The van der Waals surface area contributed by atoms with Crippen LogP contribution in [-0.2, 0) is 9.53 Å². The quantitative estimate of drug-likeness (QED) is 0.707. The van der Waals surface area contributed by atoms with Crippen molar-refractivity contribution in [3.8, 4) is 0 Å². The monoisotopic (exact) mass is 252 g/mol. The van der Waals surface area contributed by atoms with Crippen LogP contribution in [0.1, 0.15) is 26.2 Å². The average molecular weight is 252 g/mol. The number of likely N-dealkylation sites (tertiary alicyclic amines) is 1. The van der Waals surface area contributed by atoms with Crippen LogP contribution in [0.2, 0.25) is 0 Å². The van der Waals surface area contributed by atoms with Crippen LogP contribution in [0.3, 0.4) is 0 Å². The van der Waals surface area contributed by atoms with Crippen LogP contribution >= 0.6 is 0 Å². The molecule has 0 aromatic rings. The molecular weight excluding hydrogens is 228 g/mol. The maximum atomic E-state index is 12.1. The van der Waals surface area contributed by atoms with E-state index in [0.29, 0.717) is 6.04 Å². The molecule has 0 aromatic heterocycles. The maximum Gasteiger partial charge on any atom is 0.246 e. The molecule has 2 aliphatic rings. The summed E-state index contributed by atoms with van der Waals surface area (Å²) in [5.74, 6) is 0.188. The molecule has 0 radical (unpaired) electrons. The second-order valence-corrected chi connectivity index (χ2v) is 5.05. The van der Waals surface area contributed by atoms with Gasteiger partial charge in [0.15, 0.2) is 0 Å². The predicted molar refractivity (Wildman–Crippen MR) is 71.4 cm³/mol. The van der Waals surface area contributed by atoms with Gasteiger partial charge in [-0.2, -0.15) is 0 Å². The lowest BCUT2D eigenvalue weighted by Gasteiger charge is -2.25. The Morgan fingerprint density at radius 1 is 1.33 bits per heavy atom. The first-order valence-corrected chi connectivity index (χ1v) is 7.08. The van der Waals surface area contributed by atoms with E-state index in [1.165, 1.54) is 6.42 Å². The number of amides is 1. The number of nitrogens with zero attached hydrogens (tertiary/aromatic N) is 2. The van der Waals surface area contributed by atoms with Gasteiger partial charge in [0.05, 0.1) is 13.2 Å². The van der Waals surface area contributed by atoms with Gasteiger partial charge in [-0.25, -0.2) is 0 Å². The molecule has 2 saturated heterocycles. The summed E-state index contributed by atoms with van der Waals surface area (Å²) < 4.78 is 5.30. The Kier molecular flexibility index (Phi) is 5.20. The van der Waals surface area contributed by atoms with Crippen molar-refractivity contribution in [2.45, 2.75) is 32.2 Å². The molecule has 4 heteroatoms. The number of ether oxygens (including phenoxy) is 1. The molecule has 0 saturated carbocycles. The molecule has 2 rings (SSSR count). The topological polar surface area (TPSA) is 32.8 Å². The Morgan fingerprint density at radius 3 is 2.83 bits per heavy atom. The molecule has 0 spiro atoms. The molecule has 2 fully saturated rings. The fourth-order valence-corrected chi connectivity index (χ4v) is 2.73. The van der Waals surface area contributed by atoms with Crippen LogP contribution in [-0.4, -0.2) is 61.1 Å². The Balaban J connectivity index is 1.75. The third-order valence-electron chi connectivity index (χ3n) is 3.86. The van der Waals surface area contributed by atoms with Gasteiger partial charge in [0.25, 0.3) is 0 Å². The molecule has 18 heavy (non-hydrogen) atoms. The van der Waals surface area contributed by atoms with Crippen LogP contribution in [0, 0.1) is 0 Å². The first kappa shape index (κ1) is 13.6. The second kappa shape index (κ2) is 6.90. The summed E-state index contributed by atoms with van der Waals surface area (Å²) in [6.07, 6.45) is 7.15. The van der Waals surface area contributed by atoms with Gasteiger partial charge in [0.2, 0.25) is 5.91 Å². The largest absolute Gasteiger partial charge is 0.379 e. The molecule has 0 aromatic carbocycles. The van der Waals surface area contributed by atoms with Crippen LogP contribution in [0.4, 0.5) is 0 Å². The Labute approximate surface area is 110 Å². The number of morpholine rings is 1. The average Bonchev–Trinajstić information content (AvgIpc) is 2.88. The van der Waals surface area contributed by atoms with E-state index in [1.54, 1.807) is 6.08 Å². The van der Waals surface area contributed by atoms with Crippen molar-refractivity contribution in [3.05, 3.63) is 12.2 Å². The minimum atomic E-state index is 0.188. The van der Waals surface area contributed by atoms with Crippen LogP contribution in [0.15, 0.2) is 12.2 Å². The normalized spacial score (nSPS) is 26.1. The highest BCUT2D eigenvalue weighted by atomic mass is 16.5. The molecule has 102 valence electrons. The van der Waals surface area contributed by atoms with Gasteiger partial charge >= 0.3 is 0 Å². The lowest BCUT2D eigenvalue weighted by Crippen LogP contribution is -2.36. The minimum absolute atomic E-state index is 0.188. The molecule has 2 heterocycles. The van der Waals surface area contributed by atoms with Gasteiger partial charge in [-0.05, 0) is 19.3 Å². The summed E-state index contributed by atoms with van der Waals surface area (Å²) in [5.41, 5.74) is 0. The third-order valence-corrected chi connectivity index (χ3v) is 3.86. The van der Waals surface area contributed by atoms with Crippen molar-refractivity contribution in [2.24, 2.45) is 0 Å². The van der Waals surface area contributed by atoms with Crippen LogP contribution in [0.5, 0.6) is 0 Å². The molecule has 4 nitrogen and oxygen atoms in total. The van der Waals surface area contributed by atoms with E-state index < -0.39 is 0 Å². The van der Waals surface area contributed by atoms with Gasteiger partial charge in [0, 0.05) is 38.3 Å². The summed E-state index contributed by atoms with van der Waals surface area (Å²) in [4.78, 5) is 16.4.